The van der Waals surface area contributed by atoms with Crippen LogP contribution in [0.3, 0.4) is 0 Å². The molecule has 2 rings (SSSR count). The Hall–Kier alpha value is -0.0900. The van der Waals surface area contributed by atoms with Gasteiger partial charge in [0.05, 0.1) is 0 Å². The van der Waals surface area contributed by atoms with Gasteiger partial charge < -0.3 is 5.32 Å². The minimum Gasteiger partial charge on any atom is -0.309 e. The van der Waals surface area contributed by atoms with Gasteiger partial charge in [-0.25, -0.2) is 0 Å². The van der Waals surface area contributed by atoms with Gasteiger partial charge in [0.2, 0.25) is 0 Å². The fourth-order valence-electron chi connectivity index (χ4n) is 3.12. The summed E-state index contributed by atoms with van der Waals surface area (Å²) < 4.78 is 1.03. The van der Waals surface area contributed by atoms with Crippen molar-refractivity contribution in [1.29, 1.82) is 0 Å². The number of nitrogens with one attached hydrogen (secondary N) is 1. The molecule has 2 nitrogen and oxygen atoms in total. The highest BCUT2D eigenvalue weighted by atomic mass is 79.9. The van der Waals surface area contributed by atoms with Crippen molar-refractivity contribution in [2.45, 2.75) is 45.7 Å². The third-order valence-electron chi connectivity index (χ3n) is 4.44. The second-order valence-corrected chi connectivity index (χ2v) is 7.67. The van der Waals surface area contributed by atoms with Crippen LogP contribution in [0.5, 0.6) is 0 Å². The summed E-state index contributed by atoms with van der Waals surface area (Å²) in [5.74, 6) is 0.670. The molecule has 1 heterocycles. The summed E-state index contributed by atoms with van der Waals surface area (Å²) in [6, 6.07) is 7.01. The van der Waals surface area contributed by atoms with Gasteiger partial charge in [-0.05, 0) is 56.5 Å². The van der Waals surface area contributed by atoms with E-state index in [1.807, 2.05) is 6.07 Å². The van der Waals surface area contributed by atoms with E-state index >= 15 is 0 Å². The topological polar surface area (TPSA) is 15.3 Å². The van der Waals surface area contributed by atoms with Crippen LogP contribution in [0.4, 0.5) is 0 Å². The zero-order valence-electron chi connectivity index (χ0n) is 13.2. The summed E-state index contributed by atoms with van der Waals surface area (Å²) in [6.07, 6.45) is 2.69. The summed E-state index contributed by atoms with van der Waals surface area (Å²) in [5, 5.41) is 4.50. The Balaban J connectivity index is 1.96. The zero-order chi connectivity index (χ0) is 15.4. The number of benzene rings is 1. The van der Waals surface area contributed by atoms with Gasteiger partial charge in [0.15, 0.2) is 0 Å². The lowest BCUT2D eigenvalue weighted by Gasteiger charge is -2.32. The fourth-order valence-corrected chi connectivity index (χ4v) is 3.96. The molecular weight excluding hydrogens is 348 g/mol. The highest BCUT2D eigenvalue weighted by Crippen LogP contribution is 2.26. The van der Waals surface area contributed by atoms with Gasteiger partial charge in [-0.1, -0.05) is 47.4 Å². The van der Waals surface area contributed by atoms with E-state index < -0.39 is 0 Å². The average molecular weight is 374 g/mol. The van der Waals surface area contributed by atoms with E-state index in [4.69, 9.17) is 11.6 Å². The van der Waals surface area contributed by atoms with E-state index in [2.05, 4.69) is 59.1 Å². The Bertz CT molecular complexity index is 458. The molecular formula is C17H26BrClN2. The molecule has 2 atom stereocenters. The van der Waals surface area contributed by atoms with Crippen molar-refractivity contribution < 1.29 is 0 Å². The van der Waals surface area contributed by atoms with Crippen LogP contribution in [-0.2, 0) is 0 Å². The average Bonchev–Trinajstić information content (AvgIpc) is 2.92. The lowest BCUT2D eigenvalue weighted by atomic mass is 10.0. The Kier molecular flexibility index (Phi) is 6.54. The fraction of sp³-hybridized carbons (Fsp3) is 0.647. The summed E-state index contributed by atoms with van der Waals surface area (Å²) in [6.45, 7) is 10.3. The standard InChI is InChI=1S/C17H26BrClN2/c1-12(2)17(21-8-4-5-9-21)11-20-13(3)15-7-6-14(18)10-16(15)19/h6-7,10,12-13,17,20H,4-5,8-9,11H2,1-3H3. The number of likely N-dealkylation sites (tertiary alicyclic amines) is 1. The van der Waals surface area contributed by atoms with Crippen LogP contribution in [0.1, 0.15) is 45.2 Å². The summed E-state index contributed by atoms with van der Waals surface area (Å²) in [4.78, 5) is 2.63. The van der Waals surface area contributed by atoms with Crippen LogP contribution in [-0.4, -0.2) is 30.6 Å². The zero-order valence-corrected chi connectivity index (χ0v) is 15.5. The van der Waals surface area contributed by atoms with Crippen LogP contribution >= 0.6 is 27.5 Å². The first kappa shape index (κ1) is 17.3. The van der Waals surface area contributed by atoms with Crippen LogP contribution in [0.2, 0.25) is 5.02 Å². The SMILES string of the molecule is CC(NCC(C(C)C)N1CCCC1)c1ccc(Br)cc1Cl. The van der Waals surface area contributed by atoms with E-state index in [1.165, 1.54) is 31.5 Å². The van der Waals surface area contributed by atoms with Gasteiger partial charge in [0.1, 0.15) is 0 Å². The second-order valence-electron chi connectivity index (χ2n) is 6.35. The van der Waals surface area contributed by atoms with Crippen LogP contribution < -0.4 is 5.32 Å². The Morgan fingerprint density at radius 3 is 2.48 bits per heavy atom. The summed E-state index contributed by atoms with van der Waals surface area (Å²) >= 11 is 9.81. The predicted octanol–water partition coefficient (Wildman–Crippen LogP) is 4.87. The molecule has 21 heavy (non-hydrogen) atoms. The third kappa shape index (κ3) is 4.69. The molecule has 1 saturated heterocycles. The van der Waals surface area contributed by atoms with E-state index in [0.29, 0.717) is 12.0 Å². The molecule has 1 N–H and O–H groups in total. The van der Waals surface area contributed by atoms with Gasteiger partial charge in [-0.2, -0.15) is 0 Å². The molecule has 0 amide bonds. The Labute approximate surface area is 142 Å². The molecule has 118 valence electrons. The predicted molar refractivity (Wildman–Crippen MR) is 95.0 cm³/mol. The minimum atomic E-state index is 0.273. The maximum atomic E-state index is 6.35. The minimum absolute atomic E-state index is 0.273. The number of hydrogen-bond acceptors (Lipinski definition) is 2. The monoisotopic (exact) mass is 372 g/mol. The molecule has 0 aliphatic carbocycles. The number of hydrogen-bond donors (Lipinski definition) is 1. The molecule has 1 fully saturated rings. The molecule has 0 radical (unpaired) electrons. The van der Waals surface area contributed by atoms with E-state index in [9.17, 15) is 0 Å². The smallest absolute Gasteiger partial charge is 0.0464 e. The maximum absolute atomic E-state index is 6.35. The second kappa shape index (κ2) is 7.96. The molecule has 0 bridgehead atoms. The lowest BCUT2D eigenvalue weighted by molar-refractivity contribution is 0.183. The maximum Gasteiger partial charge on any atom is 0.0464 e. The molecule has 0 saturated carbocycles. The van der Waals surface area contributed by atoms with Gasteiger partial charge in [-0.3, -0.25) is 4.90 Å². The highest BCUT2D eigenvalue weighted by molar-refractivity contribution is 9.10. The number of rotatable bonds is 6. The van der Waals surface area contributed by atoms with E-state index in [-0.39, 0.29) is 6.04 Å². The largest absolute Gasteiger partial charge is 0.309 e. The van der Waals surface area contributed by atoms with Crippen molar-refractivity contribution in [3.05, 3.63) is 33.3 Å². The van der Waals surface area contributed by atoms with Crippen molar-refractivity contribution in [3.63, 3.8) is 0 Å². The van der Waals surface area contributed by atoms with Gasteiger partial charge in [0, 0.05) is 28.1 Å². The first-order valence-corrected chi connectivity index (χ1v) is 9.08. The number of nitrogens with zero attached hydrogens (tertiary/aromatic N) is 1. The molecule has 4 heteroatoms. The number of halogens is 2. The molecule has 1 aromatic carbocycles. The van der Waals surface area contributed by atoms with Crippen molar-refractivity contribution in [2.75, 3.05) is 19.6 Å². The first-order valence-electron chi connectivity index (χ1n) is 7.91. The summed E-state index contributed by atoms with van der Waals surface area (Å²) in [7, 11) is 0. The van der Waals surface area contributed by atoms with Gasteiger partial charge in [0.25, 0.3) is 0 Å². The van der Waals surface area contributed by atoms with E-state index in [1.54, 1.807) is 0 Å². The molecule has 0 spiro atoms. The van der Waals surface area contributed by atoms with Crippen molar-refractivity contribution in [2.24, 2.45) is 5.92 Å². The molecule has 2 unspecified atom stereocenters. The highest BCUT2D eigenvalue weighted by Gasteiger charge is 2.25. The lowest BCUT2D eigenvalue weighted by Crippen LogP contribution is -2.44. The van der Waals surface area contributed by atoms with Gasteiger partial charge in [-0.15, -0.1) is 0 Å². The van der Waals surface area contributed by atoms with Crippen molar-refractivity contribution in [3.8, 4) is 0 Å². The van der Waals surface area contributed by atoms with Crippen LogP contribution in [0.25, 0.3) is 0 Å². The first-order chi connectivity index (χ1) is 9.99. The molecule has 1 aromatic rings. The van der Waals surface area contributed by atoms with Crippen molar-refractivity contribution in [1.82, 2.24) is 10.2 Å². The van der Waals surface area contributed by atoms with Gasteiger partial charge >= 0.3 is 0 Å². The Morgan fingerprint density at radius 1 is 1.24 bits per heavy atom. The summed E-state index contributed by atoms with van der Waals surface area (Å²) in [5.41, 5.74) is 1.17. The van der Waals surface area contributed by atoms with Crippen LogP contribution in [0.15, 0.2) is 22.7 Å². The molecule has 0 aromatic heterocycles. The third-order valence-corrected chi connectivity index (χ3v) is 5.26. The van der Waals surface area contributed by atoms with Crippen LogP contribution in [0, 0.1) is 5.92 Å². The van der Waals surface area contributed by atoms with E-state index in [0.717, 1.165) is 16.0 Å². The molecule has 1 aliphatic rings. The van der Waals surface area contributed by atoms with Crippen molar-refractivity contribution >= 4 is 27.5 Å². The quantitative estimate of drug-likeness (QED) is 0.765. The molecule has 1 aliphatic heterocycles. The normalized spacial score (nSPS) is 19.1. The Morgan fingerprint density at radius 2 is 1.90 bits per heavy atom.